The van der Waals surface area contributed by atoms with E-state index in [1.165, 1.54) is 12.1 Å². The average molecular weight is 563 g/mol. The summed E-state index contributed by atoms with van der Waals surface area (Å²) in [5, 5.41) is 11.5. The molecule has 0 fully saturated rings. The number of para-hydroxylation sites is 1. The van der Waals surface area contributed by atoms with Gasteiger partial charge in [-0.1, -0.05) is 48.5 Å². The molecule has 4 aromatic rings. The number of carbonyl (C=O) groups is 1. The second-order valence-electron chi connectivity index (χ2n) is 8.21. The fraction of sp³-hybridized carbons (Fsp3) is 0.154. The van der Waals surface area contributed by atoms with Crippen molar-refractivity contribution in [2.45, 2.75) is 13.1 Å². The van der Waals surface area contributed by atoms with Crippen molar-refractivity contribution in [1.82, 2.24) is 14.9 Å². The van der Waals surface area contributed by atoms with Crippen molar-refractivity contribution in [3.8, 4) is 11.1 Å². The summed E-state index contributed by atoms with van der Waals surface area (Å²) in [4.78, 5) is 35.6. The number of anilines is 1. The fourth-order valence-corrected chi connectivity index (χ4v) is 4.38. The standard InChI is InChI=1S/C26H23N5O3.3ClH/c32-26(23-8-4-5-9-25(23)31(33)34)30-13-12-29(17-22-15-27-18-28-22)24-11-10-20(14-21(24)16-30)19-6-2-1-3-7-19;;;/h1-11,14-15,18H,12-13,16-17H2,(H,27,28);3*1H. The zero-order valence-electron chi connectivity index (χ0n) is 19.6. The number of hydrogen-bond donors (Lipinski definition) is 1. The summed E-state index contributed by atoms with van der Waals surface area (Å²) in [7, 11) is 0. The van der Waals surface area contributed by atoms with E-state index in [1.54, 1.807) is 29.6 Å². The first-order chi connectivity index (χ1) is 16.6. The summed E-state index contributed by atoms with van der Waals surface area (Å²) in [6.07, 6.45) is 3.44. The molecule has 0 atom stereocenters. The number of fused-ring (bicyclic) bond motifs is 1. The van der Waals surface area contributed by atoms with E-state index >= 15 is 0 Å². The lowest BCUT2D eigenvalue weighted by Gasteiger charge is -2.24. The average Bonchev–Trinajstić information content (AvgIpc) is 3.32. The molecule has 0 saturated heterocycles. The van der Waals surface area contributed by atoms with Gasteiger partial charge in [-0.05, 0) is 34.9 Å². The van der Waals surface area contributed by atoms with Gasteiger partial charge in [0.25, 0.3) is 11.6 Å². The van der Waals surface area contributed by atoms with Gasteiger partial charge in [-0.25, -0.2) is 4.98 Å². The van der Waals surface area contributed by atoms with Crippen molar-refractivity contribution >= 4 is 54.5 Å². The summed E-state index contributed by atoms with van der Waals surface area (Å²) >= 11 is 0. The third kappa shape index (κ3) is 6.40. The second kappa shape index (κ2) is 13.1. The molecular weight excluding hydrogens is 537 g/mol. The smallest absolute Gasteiger partial charge is 0.282 e. The van der Waals surface area contributed by atoms with Gasteiger partial charge >= 0.3 is 0 Å². The molecular formula is C26H26Cl3N5O3. The molecule has 37 heavy (non-hydrogen) atoms. The van der Waals surface area contributed by atoms with Crippen LogP contribution in [0.2, 0.25) is 0 Å². The number of aromatic nitrogens is 2. The molecule has 1 amide bonds. The first-order valence-corrected chi connectivity index (χ1v) is 11.0. The number of carbonyl (C=O) groups excluding carboxylic acids is 1. The topological polar surface area (TPSA) is 95.4 Å². The van der Waals surface area contributed by atoms with Gasteiger partial charge in [0.15, 0.2) is 0 Å². The maximum absolute atomic E-state index is 13.5. The highest BCUT2D eigenvalue weighted by Crippen LogP contribution is 2.32. The number of amides is 1. The minimum absolute atomic E-state index is 0. The minimum atomic E-state index is -0.503. The van der Waals surface area contributed by atoms with E-state index in [-0.39, 0.29) is 54.4 Å². The van der Waals surface area contributed by atoms with Crippen molar-refractivity contribution < 1.29 is 9.72 Å². The van der Waals surface area contributed by atoms with Crippen molar-refractivity contribution in [2.24, 2.45) is 0 Å². The Balaban J connectivity index is 0.00000160. The zero-order chi connectivity index (χ0) is 23.5. The van der Waals surface area contributed by atoms with E-state index < -0.39 is 4.92 Å². The largest absolute Gasteiger partial charge is 0.364 e. The molecule has 2 heterocycles. The molecule has 3 aromatic carbocycles. The Morgan fingerprint density at radius 1 is 0.946 bits per heavy atom. The molecule has 194 valence electrons. The van der Waals surface area contributed by atoms with Gasteiger partial charge in [-0.15, -0.1) is 37.2 Å². The van der Waals surface area contributed by atoms with Crippen molar-refractivity contribution in [3.05, 3.63) is 112 Å². The van der Waals surface area contributed by atoms with E-state index in [4.69, 9.17) is 0 Å². The van der Waals surface area contributed by atoms with Crippen LogP contribution in [0.15, 0.2) is 85.3 Å². The van der Waals surface area contributed by atoms with Crippen LogP contribution in [0.4, 0.5) is 11.4 Å². The van der Waals surface area contributed by atoms with Gasteiger partial charge in [-0.3, -0.25) is 14.9 Å². The summed E-state index contributed by atoms with van der Waals surface area (Å²) < 4.78 is 0. The number of H-pyrrole nitrogens is 1. The number of benzene rings is 3. The third-order valence-corrected chi connectivity index (χ3v) is 6.06. The fourth-order valence-electron chi connectivity index (χ4n) is 4.38. The molecule has 0 spiro atoms. The molecule has 11 heteroatoms. The van der Waals surface area contributed by atoms with Crippen LogP contribution in [0.5, 0.6) is 0 Å². The summed E-state index contributed by atoms with van der Waals surface area (Å²) in [5.41, 5.74) is 5.07. The lowest BCUT2D eigenvalue weighted by atomic mass is 10.0. The van der Waals surface area contributed by atoms with Crippen LogP contribution in [0.1, 0.15) is 21.6 Å². The van der Waals surface area contributed by atoms with E-state index in [9.17, 15) is 14.9 Å². The molecule has 1 aromatic heterocycles. The number of nitro groups is 1. The van der Waals surface area contributed by atoms with E-state index in [2.05, 4.69) is 45.2 Å². The lowest BCUT2D eigenvalue weighted by molar-refractivity contribution is -0.385. The highest BCUT2D eigenvalue weighted by atomic mass is 35.5. The van der Waals surface area contributed by atoms with Gasteiger partial charge in [0, 0.05) is 37.6 Å². The molecule has 1 aliphatic rings. The van der Waals surface area contributed by atoms with Crippen LogP contribution in [0.25, 0.3) is 11.1 Å². The highest BCUT2D eigenvalue weighted by Gasteiger charge is 2.28. The SMILES string of the molecule is Cl.Cl.Cl.O=C(c1ccccc1[N+](=O)[O-])N1CCN(Cc2cnc[nH]2)c2ccc(-c3ccccc3)cc2C1. The van der Waals surface area contributed by atoms with Crippen LogP contribution >= 0.6 is 37.2 Å². The van der Waals surface area contributed by atoms with Crippen LogP contribution in [0, 0.1) is 10.1 Å². The zero-order valence-corrected chi connectivity index (χ0v) is 22.1. The normalized spacial score (nSPS) is 12.2. The van der Waals surface area contributed by atoms with Gasteiger partial charge < -0.3 is 14.8 Å². The molecule has 1 N–H and O–H groups in total. The molecule has 8 nitrogen and oxygen atoms in total. The number of halogens is 3. The monoisotopic (exact) mass is 561 g/mol. The number of nitrogens with one attached hydrogen (secondary N) is 1. The molecule has 0 saturated carbocycles. The molecule has 1 aliphatic heterocycles. The first-order valence-electron chi connectivity index (χ1n) is 11.0. The highest BCUT2D eigenvalue weighted by molar-refractivity contribution is 5.98. The van der Waals surface area contributed by atoms with E-state index in [0.717, 1.165) is 28.1 Å². The minimum Gasteiger partial charge on any atom is -0.364 e. The molecule has 0 bridgehead atoms. The Morgan fingerprint density at radius 3 is 2.38 bits per heavy atom. The number of hydrogen-bond acceptors (Lipinski definition) is 5. The molecule has 5 rings (SSSR count). The maximum atomic E-state index is 13.5. The number of aromatic amines is 1. The van der Waals surface area contributed by atoms with E-state index in [1.807, 2.05) is 18.2 Å². The first kappa shape index (κ1) is 29.6. The molecule has 0 radical (unpaired) electrons. The lowest BCUT2D eigenvalue weighted by Crippen LogP contribution is -2.35. The number of nitrogens with zero attached hydrogens (tertiary/aromatic N) is 4. The summed E-state index contributed by atoms with van der Waals surface area (Å²) in [6.45, 7) is 2.00. The van der Waals surface area contributed by atoms with Gasteiger partial charge in [0.1, 0.15) is 5.56 Å². The maximum Gasteiger partial charge on any atom is 0.282 e. The van der Waals surface area contributed by atoms with Crippen molar-refractivity contribution in [1.29, 1.82) is 0 Å². The predicted molar refractivity (Wildman–Crippen MR) is 151 cm³/mol. The Kier molecular flexibility index (Phi) is 10.5. The van der Waals surface area contributed by atoms with Gasteiger partial charge in [0.05, 0.1) is 23.5 Å². The van der Waals surface area contributed by atoms with Crippen molar-refractivity contribution in [3.63, 3.8) is 0 Å². The Morgan fingerprint density at radius 2 is 1.68 bits per heavy atom. The van der Waals surface area contributed by atoms with Gasteiger partial charge in [0.2, 0.25) is 0 Å². The number of rotatable bonds is 5. The van der Waals surface area contributed by atoms with Crippen LogP contribution < -0.4 is 4.90 Å². The van der Waals surface area contributed by atoms with Crippen LogP contribution in [-0.2, 0) is 13.1 Å². The van der Waals surface area contributed by atoms with Crippen LogP contribution in [0.3, 0.4) is 0 Å². The predicted octanol–water partition coefficient (Wildman–Crippen LogP) is 5.91. The quantitative estimate of drug-likeness (QED) is 0.241. The Hall–Kier alpha value is -3.59. The Labute approximate surface area is 233 Å². The third-order valence-electron chi connectivity index (χ3n) is 6.06. The molecule has 0 aliphatic carbocycles. The molecule has 0 unspecified atom stereocenters. The Bertz CT molecular complexity index is 1340. The van der Waals surface area contributed by atoms with Crippen LogP contribution in [-0.4, -0.2) is 38.8 Å². The van der Waals surface area contributed by atoms with Crippen molar-refractivity contribution in [2.75, 3.05) is 18.0 Å². The van der Waals surface area contributed by atoms with Gasteiger partial charge in [-0.2, -0.15) is 0 Å². The second-order valence-corrected chi connectivity index (χ2v) is 8.21. The number of imidazole rings is 1. The number of nitro benzene ring substituents is 1. The summed E-state index contributed by atoms with van der Waals surface area (Å²) in [5.74, 6) is -0.341. The summed E-state index contributed by atoms with van der Waals surface area (Å²) in [6, 6.07) is 22.5. The van der Waals surface area contributed by atoms with E-state index in [0.29, 0.717) is 26.2 Å².